The number of carbonyl (C=O) groups is 2. The smallest absolute Gasteiger partial charge is 0.267 e. The Balaban J connectivity index is 2.14. The van der Waals surface area contributed by atoms with Crippen molar-refractivity contribution < 1.29 is 9.59 Å². The summed E-state index contributed by atoms with van der Waals surface area (Å²) in [6.07, 6.45) is 1.35. The second kappa shape index (κ2) is 4.06. The molecule has 1 amide bonds. The van der Waals surface area contributed by atoms with Gasteiger partial charge in [0.1, 0.15) is 4.88 Å². The van der Waals surface area contributed by atoms with E-state index in [2.05, 4.69) is 9.59 Å². The Morgan fingerprint density at radius 2 is 2.33 bits per heavy atom. The van der Waals surface area contributed by atoms with Gasteiger partial charge in [0.25, 0.3) is 5.91 Å². The van der Waals surface area contributed by atoms with Crippen LogP contribution in [0.2, 0.25) is 0 Å². The topological polar surface area (TPSA) is 63.2 Å². The van der Waals surface area contributed by atoms with Gasteiger partial charge in [0.15, 0.2) is 5.78 Å². The second-order valence-electron chi connectivity index (χ2n) is 3.56. The number of ketones is 1. The molecule has 1 aromatic heterocycles. The minimum atomic E-state index is -0.115. The van der Waals surface area contributed by atoms with Crippen molar-refractivity contribution >= 4 is 23.2 Å². The summed E-state index contributed by atoms with van der Waals surface area (Å²) in [5, 5.41) is 3.79. The predicted octanol–water partition coefficient (Wildman–Crippen LogP) is 0.652. The molecule has 2 rings (SSSR count). The minimum Gasteiger partial charge on any atom is -0.331 e. The normalized spacial score (nSPS) is 16.9. The van der Waals surface area contributed by atoms with E-state index in [4.69, 9.17) is 0 Å². The summed E-state index contributed by atoms with van der Waals surface area (Å²) >= 11 is 1.09. The van der Waals surface area contributed by atoms with Crippen LogP contribution in [0, 0.1) is 6.92 Å². The standard InChI is InChI=1S/C9H11N3O2S/c1-6-8(15-11-10-6)9(14)12-4-2-3-7(13)5-12/h2-5H2,1H3. The van der Waals surface area contributed by atoms with Gasteiger partial charge in [0.05, 0.1) is 12.2 Å². The van der Waals surface area contributed by atoms with E-state index < -0.39 is 0 Å². The fraction of sp³-hybridized carbons (Fsp3) is 0.556. The van der Waals surface area contributed by atoms with Crippen molar-refractivity contribution in [2.24, 2.45) is 0 Å². The van der Waals surface area contributed by atoms with Crippen molar-refractivity contribution in [3.63, 3.8) is 0 Å². The van der Waals surface area contributed by atoms with Crippen LogP contribution in [0.15, 0.2) is 0 Å². The fourth-order valence-electron chi connectivity index (χ4n) is 1.58. The average Bonchev–Trinajstić information content (AvgIpc) is 2.63. The van der Waals surface area contributed by atoms with Crippen molar-refractivity contribution in [2.45, 2.75) is 19.8 Å². The number of rotatable bonds is 1. The van der Waals surface area contributed by atoms with Crippen LogP contribution in [0.25, 0.3) is 0 Å². The molecule has 0 aliphatic carbocycles. The van der Waals surface area contributed by atoms with Crippen LogP contribution >= 0.6 is 11.5 Å². The first kappa shape index (κ1) is 10.2. The number of carbonyl (C=O) groups excluding carboxylic acids is 2. The van der Waals surface area contributed by atoms with E-state index >= 15 is 0 Å². The van der Waals surface area contributed by atoms with Gasteiger partial charge in [-0.3, -0.25) is 9.59 Å². The lowest BCUT2D eigenvalue weighted by Crippen LogP contribution is -2.40. The molecule has 2 heterocycles. The molecule has 1 aliphatic rings. The van der Waals surface area contributed by atoms with Gasteiger partial charge in [-0.2, -0.15) is 0 Å². The maximum absolute atomic E-state index is 11.9. The summed E-state index contributed by atoms with van der Waals surface area (Å²) in [5.74, 6) is 0.0141. The summed E-state index contributed by atoms with van der Waals surface area (Å²) in [6, 6.07) is 0. The van der Waals surface area contributed by atoms with Gasteiger partial charge < -0.3 is 4.90 Å². The van der Waals surface area contributed by atoms with E-state index in [9.17, 15) is 9.59 Å². The highest BCUT2D eigenvalue weighted by atomic mass is 32.1. The molecule has 6 heteroatoms. The first-order valence-electron chi connectivity index (χ1n) is 4.78. The molecule has 1 aliphatic heterocycles. The zero-order valence-corrected chi connectivity index (χ0v) is 9.21. The number of aryl methyl sites for hydroxylation is 1. The van der Waals surface area contributed by atoms with Crippen LogP contribution in [-0.4, -0.2) is 39.3 Å². The first-order chi connectivity index (χ1) is 7.18. The van der Waals surface area contributed by atoms with E-state index in [1.54, 1.807) is 11.8 Å². The van der Waals surface area contributed by atoms with Gasteiger partial charge in [-0.15, -0.1) is 5.10 Å². The summed E-state index contributed by atoms with van der Waals surface area (Å²) in [5.41, 5.74) is 0.642. The predicted molar refractivity (Wildman–Crippen MR) is 54.8 cm³/mol. The molecular weight excluding hydrogens is 214 g/mol. The third-order valence-corrected chi connectivity index (χ3v) is 3.20. The maximum atomic E-state index is 11.9. The number of hydrogen-bond acceptors (Lipinski definition) is 5. The lowest BCUT2D eigenvalue weighted by atomic mass is 10.1. The van der Waals surface area contributed by atoms with Gasteiger partial charge in [-0.25, -0.2) is 0 Å². The van der Waals surface area contributed by atoms with Crippen LogP contribution < -0.4 is 0 Å². The molecule has 1 aromatic rings. The number of aromatic nitrogens is 2. The van der Waals surface area contributed by atoms with Gasteiger partial charge in [0.2, 0.25) is 0 Å². The SMILES string of the molecule is Cc1nnsc1C(=O)N1CCCC(=O)C1. The van der Waals surface area contributed by atoms with E-state index in [1.807, 2.05) is 0 Å². The molecule has 0 atom stereocenters. The highest BCUT2D eigenvalue weighted by molar-refractivity contribution is 7.07. The molecule has 1 fully saturated rings. The zero-order valence-electron chi connectivity index (χ0n) is 8.39. The van der Waals surface area contributed by atoms with Crippen molar-refractivity contribution in [3.8, 4) is 0 Å². The molecule has 0 spiro atoms. The molecule has 80 valence electrons. The number of nitrogens with zero attached hydrogens (tertiary/aromatic N) is 3. The lowest BCUT2D eigenvalue weighted by Gasteiger charge is -2.25. The Hall–Kier alpha value is -1.30. The highest BCUT2D eigenvalue weighted by Crippen LogP contribution is 2.15. The fourth-order valence-corrected chi connectivity index (χ4v) is 2.21. The number of hydrogen-bond donors (Lipinski definition) is 0. The molecule has 1 saturated heterocycles. The van der Waals surface area contributed by atoms with Crippen molar-refractivity contribution in [2.75, 3.05) is 13.1 Å². The molecule has 15 heavy (non-hydrogen) atoms. The van der Waals surface area contributed by atoms with E-state index in [0.29, 0.717) is 23.5 Å². The van der Waals surface area contributed by atoms with Crippen molar-refractivity contribution in [3.05, 3.63) is 10.6 Å². The molecule has 0 unspecified atom stereocenters. The second-order valence-corrected chi connectivity index (χ2v) is 4.31. The number of piperidine rings is 1. The van der Waals surface area contributed by atoms with Crippen LogP contribution in [0.1, 0.15) is 28.2 Å². The quantitative estimate of drug-likeness (QED) is 0.704. The Morgan fingerprint density at radius 1 is 1.53 bits per heavy atom. The molecule has 0 aromatic carbocycles. The Kier molecular flexibility index (Phi) is 2.77. The summed E-state index contributed by atoms with van der Waals surface area (Å²) in [4.78, 5) is 25.3. The lowest BCUT2D eigenvalue weighted by molar-refractivity contribution is -0.121. The number of Topliss-reactive ketones (excluding diaryl/α,β-unsaturated/α-hetero) is 1. The third-order valence-electron chi connectivity index (χ3n) is 2.38. The first-order valence-corrected chi connectivity index (χ1v) is 5.56. The van der Waals surface area contributed by atoms with E-state index in [-0.39, 0.29) is 18.2 Å². The summed E-state index contributed by atoms with van der Waals surface area (Å²) < 4.78 is 3.72. The summed E-state index contributed by atoms with van der Waals surface area (Å²) in [6.45, 7) is 2.64. The summed E-state index contributed by atoms with van der Waals surface area (Å²) in [7, 11) is 0. The van der Waals surface area contributed by atoms with Gasteiger partial charge >= 0.3 is 0 Å². The van der Waals surface area contributed by atoms with Gasteiger partial charge in [-0.1, -0.05) is 4.49 Å². The maximum Gasteiger partial charge on any atom is 0.267 e. The number of amides is 1. The largest absolute Gasteiger partial charge is 0.331 e. The van der Waals surface area contributed by atoms with Crippen molar-refractivity contribution in [1.82, 2.24) is 14.5 Å². The molecule has 0 bridgehead atoms. The Morgan fingerprint density at radius 3 is 2.93 bits per heavy atom. The molecule has 0 saturated carbocycles. The average molecular weight is 225 g/mol. The Labute approximate surface area is 91.3 Å². The van der Waals surface area contributed by atoms with Crippen LogP contribution in [0.5, 0.6) is 0 Å². The minimum absolute atomic E-state index is 0.115. The van der Waals surface area contributed by atoms with Gasteiger partial charge in [-0.05, 0) is 24.9 Å². The molecule has 0 N–H and O–H groups in total. The van der Waals surface area contributed by atoms with Gasteiger partial charge in [0, 0.05) is 13.0 Å². The van der Waals surface area contributed by atoms with Crippen LogP contribution in [0.3, 0.4) is 0 Å². The monoisotopic (exact) mass is 225 g/mol. The third kappa shape index (κ3) is 2.04. The van der Waals surface area contributed by atoms with Crippen LogP contribution in [0.4, 0.5) is 0 Å². The van der Waals surface area contributed by atoms with Crippen molar-refractivity contribution in [1.29, 1.82) is 0 Å². The van der Waals surface area contributed by atoms with E-state index in [1.165, 1.54) is 0 Å². The zero-order chi connectivity index (χ0) is 10.8. The van der Waals surface area contributed by atoms with Crippen LogP contribution in [-0.2, 0) is 4.79 Å². The molecular formula is C9H11N3O2S. The number of likely N-dealkylation sites (tertiary alicyclic amines) is 1. The molecule has 0 radical (unpaired) electrons. The highest BCUT2D eigenvalue weighted by Gasteiger charge is 2.25. The Bertz CT molecular complexity index is 402. The van der Waals surface area contributed by atoms with E-state index in [0.717, 1.165) is 18.0 Å². The molecule has 5 nitrogen and oxygen atoms in total.